The third-order valence-electron chi connectivity index (χ3n) is 2.49. The summed E-state index contributed by atoms with van der Waals surface area (Å²) in [4.78, 5) is 0. The van der Waals surface area contributed by atoms with Crippen molar-refractivity contribution in [2.24, 2.45) is 0 Å². The van der Waals surface area contributed by atoms with E-state index >= 15 is 0 Å². The van der Waals surface area contributed by atoms with Crippen LogP contribution in [0.2, 0.25) is 0 Å². The Kier molecular flexibility index (Phi) is 7.27. The summed E-state index contributed by atoms with van der Waals surface area (Å²) in [6, 6.07) is 0. The van der Waals surface area contributed by atoms with Crippen LogP contribution in [0.3, 0.4) is 0 Å². The van der Waals surface area contributed by atoms with E-state index in [4.69, 9.17) is 31.7 Å². The number of aliphatic hydroxyl groups is 1. The molecule has 0 aromatic rings. The maximum absolute atomic E-state index is 9.00. The van der Waals surface area contributed by atoms with E-state index in [-0.39, 0.29) is 6.35 Å². The molecule has 0 spiro atoms. The van der Waals surface area contributed by atoms with Gasteiger partial charge in [0.05, 0.1) is 0 Å². The summed E-state index contributed by atoms with van der Waals surface area (Å²) in [6.07, 6.45) is 2.48. The summed E-state index contributed by atoms with van der Waals surface area (Å²) >= 11 is 0. The average Bonchev–Trinajstić information content (AvgIpc) is 2.44. The molecule has 0 aliphatic carbocycles. The number of aliphatic hydroxyl groups excluding tert-OH is 1. The zero-order chi connectivity index (χ0) is 12.7. The molecule has 0 aromatic carbocycles. The number of hydrogen-bond donors (Lipinski definition) is 1. The van der Waals surface area contributed by atoms with Crippen molar-refractivity contribution < 1.29 is 31.7 Å². The van der Waals surface area contributed by atoms with Gasteiger partial charge in [0.15, 0.2) is 0 Å². The van der Waals surface area contributed by atoms with Gasteiger partial charge < -0.3 is 13.3 Å². The fourth-order valence-corrected chi connectivity index (χ4v) is 8.69. The van der Waals surface area contributed by atoms with Crippen LogP contribution in [-0.2, 0) is 26.6 Å². The van der Waals surface area contributed by atoms with Crippen molar-refractivity contribution in [3.63, 3.8) is 0 Å². The maximum atomic E-state index is 9.00. The molecule has 0 radical (unpaired) electrons. The molecule has 7 nitrogen and oxygen atoms in total. The first kappa shape index (κ1) is 15.6. The molecule has 2 bridgehead atoms. The molecule has 3 saturated heterocycles. The molecular formula is C7H21O7PSi2. The Morgan fingerprint density at radius 1 is 1.06 bits per heavy atom. The molecule has 104 valence electrons. The van der Waals surface area contributed by atoms with E-state index < -0.39 is 26.3 Å². The molecule has 3 heterocycles. The molecule has 10 heteroatoms. The molecule has 3 rings (SSSR count). The predicted octanol–water partition coefficient (Wildman–Crippen LogP) is -1.00. The molecule has 0 amide bonds. The summed E-state index contributed by atoms with van der Waals surface area (Å²) in [5, 5.41) is 9.00. The van der Waals surface area contributed by atoms with Crippen LogP contribution in [-0.4, -0.2) is 70.9 Å². The average molecular weight is 304 g/mol. The molecule has 17 heavy (non-hydrogen) atoms. The van der Waals surface area contributed by atoms with Crippen molar-refractivity contribution in [2.75, 3.05) is 46.7 Å². The van der Waals surface area contributed by atoms with Crippen molar-refractivity contribution in [1.29, 1.82) is 0 Å². The summed E-state index contributed by atoms with van der Waals surface area (Å²) < 4.78 is 30.0. The van der Waals surface area contributed by atoms with Gasteiger partial charge in [0, 0.05) is 21.3 Å². The van der Waals surface area contributed by atoms with E-state index in [2.05, 4.69) is 0 Å². The molecule has 1 N–H and O–H groups in total. The minimum atomic E-state index is -1.67. The normalized spacial score (nSPS) is 27.5. The monoisotopic (exact) mass is 304 g/mol. The van der Waals surface area contributed by atoms with Gasteiger partial charge >= 0.3 is 70.1 Å². The van der Waals surface area contributed by atoms with Crippen LogP contribution in [0.4, 0.5) is 0 Å². The van der Waals surface area contributed by atoms with Crippen molar-refractivity contribution in [2.45, 2.75) is 0 Å². The molecule has 3 aliphatic heterocycles. The Morgan fingerprint density at radius 2 is 1.47 bits per heavy atom. The number of rotatable bonds is 4. The Balaban J connectivity index is 0.000000185. The summed E-state index contributed by atoms with van der Waals surface area (Å²) in [7, 11) is -0.266. The van der Waals surface area contributed by atoms with Crippen molar-refractivity contribution in [3.8, 4) is 0 Å². The van der Waals surface area contributed by atoms with E-state index in [1.807, 2.05) is 0 Å². The van der Waals surface area contributed by atoms with Crippen LogP contribution in [0.15, 0.2) is 0 Å². The van der Waals surface area contributed by atoms with Crippen molar-refractivity contribution in [1.82, 2.24) is 0 Å². The van der Waals surface area contributed by atoms with E-state index in [9.17, 15) is 0 Å². The van der Waals surface area contributed by atoms with Gasteiger partial charge in [0.2, 0.25) is 0 Å². The van der Waals surface area contributed by atoms with E-state index in [1.165, 1.54) is 0 Å². The Labute approximate surface area is 105 Å². The van der Waals surface area contributed by atoms with Gasteiger partial charge in [0.1, 0.15) is 0 Å². The second-order valence-electron chi connectivity index (χ2n) is 3.88. The SMILES string of the molecule is CO[SiH](OC)OC.OC[PH]12CO[SiH](OC1)OC2. The van der Waals surface area contributed by atoms with Crippen LogP contribution in [0.5, 0.6) is 0 Å². The van der Waals surface area contributed by atoms with Crippen molar-refractivity contribution >= 4 is 26.3 Å². The quantitative estimate of drug-likeness (QED) is 0.527. The number of fused-ring (bicyclic) bond motifs is 3. The van der Waals surface area contributed by atoms with E-state index in [0.29, 0.717) is 0 Å². The zero-order valence-corrected chi connectivity index (χ0v) is 13.7. The van der Waals surface area contributed by atoms with Gasteiger partial charge in [-0.3, -0.25) is 0 Å². The Hall–Kier alpha value is 0.584. The fraction of sp³-hybridized carbons (Fsp3) is 1.00. The molecule has 0 aromatic heterocycles. The third-order valence-corrected chi connectivity index (χ3v) is 8.97. The topological polar surface area (TPSA) is 75.6 Å². The summed E-state index contributed by atoms with van der Waals surface area (Å²) in [5.41, 5.74) is 0. The molecular weight excluding hydrogens is 283 g/mol. The first-order chi connectivity index (χ1) is 8.19. The van der Waals surface area contributed by atoms with Gasteiger partial charge in [-0.2, -0.15) is 0 Å². The van der Waals surface area contributed by atoms with Crippen LogP contribution in [0.1, 0.15) is 0 Å². The standard InChI is InChI=1S/C4H11O4PSi.C3H10O3Si/c5-1-9-2-6-10(7-3-9)8-4-9;1-4-7(5-2)6-3/h5,9-10H,1-4H2;7H,1-3H3. The molecule has 3 aliphatic rings. The van der Waals surface area contributed by atoms with Gasteiger partial charge in [0.25, 0.3) is 0 Å². The fourth-order valence-electron chi connectivity index (χ4n) is 1.43. The first-order valence-electron chi connectivity index (χ1n) is 5.24. The second kappa shape index (κ2) is 7.90. The Bertz CT molecular complexity index is 191. The number of hydrogen-bond acceptors (Lipinski definition) is 7. The summed E-state index contributed by atoms with van der Waals surface area (Å²) in [6.45, 7) is 0. The minimum absolute atomic E-state index is 0.230. The van der Waals surface area contributed by atoms with Gasteiger partial charge in [-0.15, -0.1) is 0 Å². The molecule has 0 atom stereocenters. The molecule has 3 fully saturated rings. The van der Waals surface area contributed by atoms with Crippen LogP contribution in [0.25, 0.3) is 0 Å². The van der Waals surface area contributed by atoms with Crippen LogP contribution >= 0.6 is 7.26 Å². The van der Waals surface area contributed by atoms with E-state index in [1.54, 1.807) is 21.3 Å². The van der Waals surface area contributed by atoms with Crippen LogP contribution in [0, 0.1) is 0 Å². The van der Waals surface area contributed by atoms with Crippen LogP contribution < -0.4 is 0 Å². The van der Waals surface area contributed by atoms with Gasteiger partial charge in [-0.1, -0.05) is 0 Å². The predicted molar refractivity (Wildman–Crippen MR) is 68.6 cm³/mol. The second-order valence-corrected chi connectivity index (χ2v) is 11.6. The molecule has 0 saturated carbocycles. The zero-order valence-electron chi connectivity index (χ0n) is 10.4. The first-order valence-corrected chi connectivity index (χ1v) is 10.9. The summed E-state index contributed by atoms with van der Waals surface area (Å²) in [5.74, 6) is 0. The van der Waals surface area contributed by atoms with Gasteiger partial charge in [-0.05, 0) is 0 Å². The Morgan fingerprint density at radius 3 is 1.65 bits per heavy atom. The van der Waals surface area contributed by atoms with Crippen molar-refractivity contribution in [3.05, 3.63) is 0 Å². The van der Waals surface area contributed by atoms with Gasteiger partial charge in [-0.25, -0.2) is 0 Å². The third kappa shape index (κ3) is 4.64. The molecule has 0 unspecified atom stereocenters. The van der Waals surface area contributed by atoms with E-state index in [0.717, 1.165) is 19.0 Å².